The molecule has 0 aliphatic carbocycles. The molecule has 1 atom stereocenters. The number of carbonyl (C=O) groups excluding carboxylic acids is 1. The van der Waals surface area contributed by atoms with Gasteiger partial charge in [-0.3, -0.25) is 4.79 Å². The monoisotopic (exact) mass is 312 g/mol. The summed E-state index contributed by atoms with van der Waals surface area (Å²) in [5.74, 6) is -1.04. The smallest absolute Gasteiger partial charge is 0.274 e. The van der Waals surface area contributed by atoms with Crippen molar-refractivity contribution in [3.8, 4) is 5.69 Å². The molecule has 1 aromatic carbocycles. The van der Waals surface area contributed by atoms with Crippen LogP contribution in [0.3, 0.4) is 0 Å². The van der Waals surface area contributed by atoms with Crippen LogP contribution in [0.4, 0.5) is 4.39 Å². The van der Waals surface area contributed by atoms with E-state index in [9.17, 15) is 9.18 Å². The van der Waals surface area contributed by atoms with Crippen molar-refractivity contribution in [1.29, 1.82) is 0 Å². The molecule has 0 bridgehead atoms. The lowest BCUT2D eigenvalue weighted by Crippen LogP contribution is -2.35. The van der Waals surface area contributed by atoms with Crippen molar-refractivity contribution in [3.05, 3.63) is 40.4 Å². The van der Waals surface area contributed by atoms with Crippen LogP contribution in [0.5, 0.6) is 0 Å². The predicted octanol–water partition coefficient (Wildman–Crippen LogP) is 1.48. The molecule has 0 spiro atoms. The van der Waals surface area contributed by atoms with Gasteiger partial charge < -0.3 is 10.4 Å². The molecule has 1 unspecified atom stereocenters. The molecule has 0 fully saturated rings. The SMILES string of the molecule is Cc1c(C(=O)NC(C)CO)nnn1-c1ccc(Cl)cc1F. The summed E-state index contributed by atoms with van der Waals surface area (Å²) in [5.41, 5.74) is 0.613. The first-order valence-electron chi connectivity index (χ1n) is 6.23. The Morgan fingerprint density at radius 1 is 1.57 bits per heavy atom. The van der Waals surface area contributed by atoms with Gasteiger partial charge in [0.05, 0.1) is 12.3 Å². The maximum absolute atomic E-state index is 13.9. The van der Waals surface area contributed by atoms with Crippen LogP contribution in [0.1, 0.15) is 23.1 Å². The number of aliphatic hydroxyl groups excluding tert-OH is 1. The van der Waals surface area contributed by atoms with E-state index in [0.717, 1.165) is 6.07 Å². The molecular weight excluding hydrogens is 299 g/mol. The van der Waals surface area contributed by atoms with Gasteiger partial charge in [-0.25, -0.2) is 9.07 Å². The van der Waals surface area contributed by atoms with Gasteiger partial charge in [0.25, 0.3) is 5.91 Å². The Kier molecular flexibility index (Phi) is 4.54. The second kappa shape index (κ2) is 6.19. The minimum absolute atomic E-state index is 0.0738. The van der Waals surface area contributed by atoms with Crippen LogP contribution in [0.15, 0.2) is 18.2 Å². The average molecular weight is 313 g/mol. The standard InChI is InChI=1S/C13H14ClFN4O2/c1-7(6-20)16-13(21)12-8(2)19(18-17-12)11-4-3-9(14)5-10(11)15/h3-5,7,20H,6H2,1-2H3,(H,16,21). The van der Waals surface area contributed by atoms with Crippen LogP contribution in [0.25, 0.3) is 5.69 Å². The molecule has 2 N–H and O–H groups in total. The van der Waals surface area contributed by atoms with Gasteiger partial charge in [-0.05, 0) is 32.0 Å². The zero-order chi connectivity index (χ0) is 15.6. The van der Waals surface area contributed by atoms with Crippen LogP contribution >= 0.6 is 11.6 Å². The number of rotatable bonds is 4. The predicted molar refractivity (Wildman–Crippen MR) is 75.1 cm³/mol. The van der Waals surface area contributed by atoms with E-state index in [1.165, 1.54) is 16.8 Å². The van der Waals surface area contributed by atoms with Crippen molar-refractivity contribution in [1.82, 2.24) is 20.3 Å². The lowest BCUT2D eigenvalue weighted by Gasteiger charge is -2.09. The summed E-state index contributed by atoms with van der Waals surface area (Å²) in [6.07, 6.45) is 0. The fourth-order valence-corrected chi connectivity index (χ4v) is 1.92. The second-order valence-corrected chi connectivity index (χ2v) is 5.02. The normalized spacial score (nSPS) is 12.2. The maximum atomic E-state index is 13.9. The summed E-state index contributed by atoms with van der Waals surface area (Å²) < 4.78 is 15.1. The third-order valence-corrected chi connectivity index (χ3v) is 3.13. The maximum Gasteiger partial charge on any atom is 0.274 e. The van der Waals surface area contributed by atoms with E-state index in [1.54, 1.807) is 13.8 Å². The van der Waals surface area contributed by atoms with Gasteiger partial charge in [0.15, 0.2) is 5.69 Å². The summed E-state index contributed by atoms with van der Waals surface area (Å²) in [6, 6.07) is 3.73. The Labute approximate surface area is 125 Å². The van der Waals surface area contributed by atoms with E-state index in [1.807, 2.05) is 0 Å². The van der Waals surface area contributed by atoms with E-state index < -0.39 is 17.8 Å². The number of amides is 1. The number of benzene rings is 1. The average Bonchev–Trinajstić information content (AvgIpc) is 2.80. The molecule has 0 saturated heterocycles. The Balaban J connectivity index is 2.34. The van der Waals surface area contributed by atoms with E-state index in [0.29, 0.717) is 5.69 Å². The molecule has 1 heterocycles. The molecule has 1 amide bonds. The van der Waals surface area contributed by atoms with Gasteiger partial charge in [0.2, 0.25) is 0 Å². The minimum atomic E-state index is -0.564. The summed E-state index contributed by atoms with van der Waals surface area (Å²) in [6.45, 7) is 3.06. The van der Waals surface area contributed by atoms with Crippen LogP contribution in [0, 0.1) is 12.7 Å². The van der Waals surface area contributed by atoms with Crippen molar-refractivity contribution in [2.45, 2.75) is 19.9 Å². The first-order chi connectivity index (χ1) is 9.93. The van der Waals surface area contributed by atoms with Gasteiger partial charge in [-0.1, -0.05) is 16.8 Å². The van der Waals surface area contributed by atoms with E-state index >= 15 is 0 Å². The van der Waals surface area contributed by atoms with Crippen molar-refractivity contribution in [2.75, 3.05) is 6.61 Å². The number of hydrogen-bond donors (Lipinski definition) is 2. The van der Waals surface area contributed by atoms with Gasteiger partial charge in [0.1, 0.15) is 11.5 Å². The lowest BCUT2D eigenvalue weighted by molar-refractivity contribution is 0.0916. The molecule has 112 valence electrons. The summed E-state index contributed by atoms with van der Waals surface area (Å²) >= 11 is 5.70. The first kappa shape index (κ1) is 15.4. The lowest BCUT2D eigenvalue weighted by atomic mass is 10.2. The highest BCUT2D eigenvalue weighted by atomic mass is 35.5. The molecule has 8 heteroatoms. The molecule has 1 aromatic heterocycles. The Morgan fingerprint density at radius 2 is 2.29 bits per heavy atom. The van der Waals surface area contributed by atoms with Crippen LogP contribution in [-0.4, -0.2) is 38.7 Å². The van der Waals surface area contributed by atoms with Crippen molar-refractivity contribution in [2.24, 2.45) is 0 Å². The summed E-state index contributed by atoms with van der Waals surface area (Å²) in [4.78, 5) is 12.0. The highest BCUT2D eigenvalue weighted by Crippen LogP contribution is 2.19. The Bertz CT molecular complexity index is 674. The molecule has 0 aliphatic heterocycles. The number of hydrogen-bond acceptors (Lipinski definition) is 4. The summed E-state index contributed by atoms with van der Waals surface area (Å²) in [5, 5.41) is 19.3. The molecule has 0 radical (unpaired) electrons. The van der Waals surface area contributed by atoms with Gasteiger partial charge in [-0.15, -0.1) is 5.10 Å². The van der Waals surface area contributed by atoms with Crippen LogP contribution in [-0.2, 0) is 0 Å². The van der Waals surface area contributed by atoms with E-state index in [-0.39, 0.29) is 23.0 Å². The number of halogens is 2. The molecule has 2 aromatic rings. The highest BCUT2D eigenvalue weighted by Gasteiger charge is 2.20. The molecule has 21 heavy (non-hydrogen) atoms. The number of aromatic nitrogens is 3. The van der Waals surface area contributed by atoms with E-state index in [2.05, 4.69) is 15.6 Å². The van der Waals surface area contributed by atoms with Crippen molar-refractivity contribution in [3.63, 3.8) is 0 Å². The van der Waals surface area contributed by atoms with Crippen molar-refractivity contribution < 1.29 is 14.3 Å². The zero-order valence-corrected chi connectivity index (χ0v) is 12.2. The van der Waals surface area contributed by atoms with Gasteiger partial charge in [-0.2, -0.15) is 0 Å². The Morgan fingerprint density at radius 3 is 2.90 bits per heavy atom. The topological polar surface area (TPSA) is 80.0 Å². The largest absolute Gasteiger partial charge is 0.394 e. The zero-order valence-electron chi connectivity index (χ0n) is 11.5. The molecule has 0 saturated carbocycles. The van der Waals surface area contributed by atoms with Crippen LogP contribution in [0.2, 0.25) is 5.02 Å². The quantitative estimate of drug-likeness (QED) is 0.896. The van der Waals surface area contributed by atoms with Crippen molar-refractivity contribution >= 4 is 17.5 Å². The number of carbonyl (C=O) groups is 1. The number of aliphatic hydroxyl groups is 1. The van der Waals surface area contributed by atoms with Gasteiger partial charge in [0, 0.05) is 11.1 Å². The first-order valence-corrected chi connectivity index (χ1v) is 6.61. The van der Waals surface area contributed by atoms with Gasteiger partial charge >= 0.3 is 0 Å². The third kappa shape index (κ3) is 3.20. The fourth-order valence-electron chi connectivity index (χ4n) is 1.76. The highest BCUT2D eigenvalue weighted by molar-refractivity contribution is 6.30. The third-order valence-electron chi connectivity index (χ3n) is 2.90. The number of nitrogens with one attached hydrogen (secondary N) is 1. The summed E-state index contributed by atoms with van der Waals surface area (Å²) in [7, 11) is 0. The van der Waals surface area contributed by atoms with Crippen LogP contribution < -0.4 is 5.32 Å². The molecule has 6 nitrogen and oxygen atoms in total. The molecular formula is C13H14ClFN4O2. The number of nitrogens with zero attached hydrogens (tertiary/aromatic N) is 3. The second-order valence-electron chi connectivity index (χ2n) is 4.59. The molecule has 0 aliphatic rings. The van der Waals surface area contributed by atoms with E-state index in [4.69, 9.17) is 16.7 Å². The molecule has 2 rings (SSSR count). The fraction of sp³-hybridized carbons (Fsp3) is 0.308. The minimum Gasteiger partial charge on any atom is -0.394 e. The Hall–Kier alpha value is -1.99.